The minimum atomic E-state index is 0.611. The summed E-state index contributed by atoms with van der Waals surface area (Å²) in [4.78, 5) is 4.52. The lowest BCUT2D eigenvalue weighted by atomic mass is 10.1. The second-order valence-corrected chi connectivity index (χ2v) is 5.40. The van der Waals surface area contributed by atoms with Crippen LogP contribution in [0.1, 0.15) is 22.4 Å². The number of hydrogen-bond acceptors (Lipinski definition) is 3. The van der Waals surface area contributed by atoms with Crippen LogP contribution in [0.15, 0.2) is 48.5 Å². The number of rotatable bonds is 3. The molecular formula is C19H17N3. The number of aromatic nitrogens is 1. The summed E-state index contributed by atoms with van der Waals surface area (Å²) in [6, 6.07) is 18.3. The molecule has 22 heavy (non-hydrogen) atoms. The van der Waals surface area contributed by atoms with Gasteiger partial charge >= 0.3 is 0 Å². The Hall–Kier alpha value is -2.86. The summed E-state index contributed by atoms with van der Waals surface area (Å²) in [5.41, 5.74) is 5.83. The molecule has 0 unspecified atom stereocenters. The SMILES string of the molecule is Cc1cc(NCc2ccccc2C)c2cccc(C#N)c2n1. The van der Waals surface area contributed by atoms with Gasteiger partial charge in [0.25, 0.3) is 0 Å². The van der Waals surface area contributed by atoms with Crippen LogP contribution in [0, 0.1) is 25.2 Å². The van der Waals surface area contributed by atoms with E-state index in [0.717, 1.165) is 28.8 Å². The number of anilines is 1. The van der Waals surface area contributed by atoms with E-state index < -0.39 is 0 Å². The molecule has 0 spiro atoms. The Kier molecular flexibility index (Phi) is 3.76. The van der Waals surface area contributed by atoms with E-state index in [0.29, 0.717) is 5.56 Å². The van der Waals surface area contributed by atoms with Crippen LogP contribution < -0.4 is 5.32 Å². The molecule has 0 amide bonds. The summed E-state index contributed by atoms with van der Waals surface area (Å²) in [7, 11) is 0. The van der Waals surface area contributed by atoms with Crippen LogP contribution >= 0.6 is 0 Å². The molecule has 0 aliphatic heterocycles. The number of benzene rings is 2. The van der Waals surface area contributed by atoms with E-state index in [1.807, 2.05) is 37.3 Å². The summed E-state index contributed by atoms with van der Waals surface area (Å²) in [5, 5.41) is 13.7. The lowest BCUT2D eigenvalue weighted by Gasteiger charge is -2.12. The van der Waals surface area contributed by atoms with E-state index in [4.69, 9.17) is 0 Å². The topological polar surface area (TPSA) is 48.7 Å². The fourth-order valence-electron chi connectivity index (χ4n) is 2.61. The molecule has 3 heteroatoms. The molecule has 3 rings (SSSR count). The Bertz CT molecular complexity index is 875. The maximum atomic E-state index is 9.25. The average Bonchev–Trinajstić information content (AvgIpc) is 2.53. The first-order chi connectivity index (χ1) is 10.7. The molecular weight excluding hydrogens is 270 g/mol. The predicted octanol–water partition coefficient (Wildman–Crippen LogP) is 4.34. The summed E-state index contributed by atoms with van der Waals surface area (Å²) in [5.74, 6) is 0. The fourth-order valence-corrected chi connectivity index (χ4v) is 2.61. The highest BCUT2D eigenvalue weighted by molar-refractivity contribution is 5.94. The number of aryl methyl sites for hydroxylation is 2. The van der Waals surface area contributed by atoms with E-state index >= 15 is 0 Å². The molecule has 1 N–H and O–H groups in total. The number of nitrogens with zero attached hydrogens (tertiary/aromatic N) is 2. The maximum Gasteiger partial charge on any atom is 0.101 e. The quantitative estimate of drug-likeness (QED) is 0.779. The Morgan fingerprint density at radius 2 is 1.91 bits per heavy atom. The summed E-state index contributed by atoms with van der Waals surface area (Å²) < 4.78 is 0. The van der Waals surface area contributed by atoms with Crippen LogP contribution in [-0.4, -0.2) is 4.98 Å². The molecule has 0 radical (unpaired) electrons. The van der Waals surface area contributed by atoms with Crippen LogP contribution in [0.5, 0.6) is 0 Å². The number of fused-ring (bicyclic) bond motifs is 1. The molecule has 1 aromatic heterocycles. The van der Waals surface area contributed by atoms with Gasteiger partial charge in [0, 0.05) is 23.3 Å². The average molecular weight is 287 g/mol. The van der Waals surface area contributed by atoms with E-state index in [-0.39, 0.29) is 0 Å². The van der Waals surface area contributed by atoms with E-state index in [2.05, 4.69) is 35.4 Å². The summed E-state index contributed by atoms with van der Waals surface area (Å²) >= 11 is 0. The Morgan fingerprint density at radius 1 is 1.09 bits per heavy atom. The van der Waals surface area contributed by atoms with Gasteiger partial charge in [0.05, 0.1) is 11.1 Å². The van der Waals surface area contributed by atoms with Gasteiger partial charge in [-0.3, -0.25) is 4.98 Å². The molecule has 0 bridgehead atoms. The van der Waals surface area contributed by atoms with Crippen LogP contribution in [-0.2, 0) is 6.54 Å². The van der Waals surface area contributed by atoms with E-state index in [1.54, 1.807) is 6.07 Å². The third kappa shape index (κ3) is 2.64. The van der Waals surface area contributed by atoms with Gasteiger partial charge < -0.3 is 5.32 Å². The first-order valence-corrected chi connectivity index (χ1v) is 7.28. The number of nitrogens with one attached hydrogen (secondary N) is 1. The van der Waals surface area contributed by atoms with Gasteiger partial charge in [-0.05, 0) is 37.1 Å². The molecule has 3 nitrogen and oxygen atoms in total. The molecule has 0 saturated carbocycles. The monoisotopic (exact) mass is 287 g/mol. The van der Waals surface area contributed by atoms with Crippen molar-refractivity contribution in [3.05, 3.63) is 70.9 Å². The van der Waals surface area contributed by atoms with Crippen LogP contribution in [0.3, 0.4) is 0 Å². The van der Waals surface area contributed by atoms with E-state index in [1.165, 1.54) is 11.1 Å². The number of pyridine rings is 1. The van der Waals surface area contributed by atoms with Gasteiger partial charge in [0.15, 0.2) is 0 Å². The molecule has 0 atom stereocenters. The van der Waals surface area contributed by atoms with Gasteiger partial charge in [-0.15, -0.1) is 0 Å². The van der Waals surface area contributed by atoms with Gasteiger partial charge in [0.1, 0.15) is 6.07 Å². The van der Waals surface area contributed by atoms with Crippen LogP contribution in [0.2, 0.25) is 0 Å². The number of nitriles is 1. The normalized spacial score (nSPS) is 10.4. The standard InChI is InChI=1S/C19H17N3/c1-13-6-3-4-7-16(13)12-21-18-10-14(2)22-19-15(11-20)8-5-9-17(18)19/h3-10H,12H2,1-2H3,(H,21,22). The molecule has 1 heterocycles. The molecule has 2 aromatic carbocycles. The second-order valence-electron chi connectivity index (χ2n) is 5.40. The second kappa shape index (κ2) is 5.87. The minimum Gasteiger partial charge on any atom is -0.380 e. The van der Waals surface area contributed by atoms with Crippen molar-refractivity contribution in [3.8, 4) is 6.07 Å². The van der Waals surface area contributed by atoms with Crippen molar-refractivity contribution in [2.45, 2.75) is 20.4 Å². The largest absolute Gasteiger partial charge is 0.380 e. The van der Waals surface area contributed by atoms with Crippen LogP contribution in [0.4, 0.5) is 5.69 Å². The molecule has 0 saturated heterocycles. The smallest absolute Gasteiger partial charge is 0.101 e. The molecule has 3 aromatic rings. The first kappa shape index (κ1) is 14.1. The predicted molar refractivity (Wildman–Crippen MR) is 89.7 cm³/mol. The van der Waals surface area contributed by atoms with Crippen molar-refractivity contribution >= 4 is 16.6 Å². The van der Waals surface area contributed by atoms with Crippen molar-refractivity contribution in [3.63, 3.8) is 0 Å². The van der Waals surface area contributed by atoms with Crippen molar-refractivity contribution in [2.24, 2.45) is 0 Å². The third-order valence-electron chi connectivity index (χ3n) is 3.82. The number of para-hydroxylation sites is 1. The van der Waals surface area contributed by atoms with Gasteiger partial charge in [-0.25, -0.2) is 0 Å². The number of hydrogen-bond donors (Lipinski definition) is 1. The van der Waals surface area contributed by atoms with Gasteiger partial charge in [-0.2, -0.15) is 5.26 Å². The molecule has 108 valence electrons. The van der Waals surface area contributed by atoms with Crippen molar-refractivity contribution in [1.82, 2.24) is 4.98 Å². The first-order valence-electron chi connectivity index (χ1n) is 7.28. The van der Waals surface area contributed by atoms with Crippen molar-refractivity contribution in [2.75, 3.05) is 5.32 Å². The van der Waals surface area contributed by atoms with Gasteiger partial charge in [0.2, 0.25) is 0 Å². The van der Waals surface area contributed by atoms with Crippen molar-refractivity contribution in [1.29, 1.82) is 5.26 Å². The zero-order valence-electron chi connectivity index (χ0n) is 12.7. The molecule has 0 aliphatic rings. The van der Waals surface area contributed by atoms with E-state index in [9.17, 15) is 5.26 Å². The highest BCUT2D eigenvalue weighted by atomic mass is 14.9. The highest BCUT2D eigenvalue weighted by Crippen LogP contribution is 2.26. The zero-order chi connectivity index (χ0) is 15.5. The summed E-state index contributed by atoms with van der Waals surface area (Å²) in [6.45, 7) is 4.81. The lowest BCUT2D eigenvalue weighted by Crippen LogP contribution is -2.03. The maximum absolute atomic E-state index is 9.25. The zero-order valence-corrected chi connectivity index (χ0v) is 12.7. The fraction of sp³-hybridized carbons (Fsp3) is 0.158. The van der Waals surface area contributed by atoms with Crippen LogP contribution in [0.25, 0.3) is 10.9 Å². The Morgan fingerprint density at radius 3 is 2.68 bits per heavy atom. The minimum absolute atomic E-state index is 0.611. The lowest BCUT2D eigenvalue weighted by molar-refractivity contribution is 1.12. The molecule has 0 fully saturated rings. The Labute approximate surface area is 130 Å². The molecule has 0 aliphatic carbocycles. The summed E-state index contributed by atoms with van der Waals surface area (Å²) in [6.07, 6.45) is 0. The van der Waals surface area contributed by atoms with Crippen molar-refractivity contribution < 1.29 is 0 Å². The highest BCUT2D eigenvalue weighted by Gasteiger charge is 2.08. The Balaban J connectivity index is 2.01. The van der Waals surface area contributed by atoms with Gasteiger partial charge in [-0.1, -0.05) is 36.4 Å². The third-order valence-corrected chi connectivity index (χ3v) is 3.82.